The summed E-state index contributed by atoms with van der Waals surface area (Å²) in [6.07, 6.45) is 3.62. The Morgan fingerprint density at radius 2 is 2.14 bits per heavy atom. The molecule has 0 bridgehead atoms. The number of benzene rings is 1. The van der Waals surface area contributed by atoms with Crippen molar-refractivity contribution in [2.75, 3.05) is 32.5 Å². The van der Waals surface area contributed by atoms with E-state index in [9.17, 15) is 0 Å². The van der Waals surface area contributed by atoms with E-state index in [1.807, 2.05) is 12.1 Å². The predicted molar refractivity (Wildman–Crippen MR) is 96.2 cm³/mol. The Hall–Kier alpha value is -1.36. The van der Waals surface area contributed by atoms with E-state index in [-0.39, 0.29) is 0 Å². The molecule has 122 valence electrons. The third kappa shape index (κ3) is 5.79. The van der Waals surface area contributed by atoms with E-state index in [0.717, 1.165) is 37.8 Å². The van der Waals surface area contributed by atoms with Gasteiger partial charge in [0.05, 0.1) is 13.7 Å². The van der Waals surface area contributed by atoms with Crippen molar-refractivity contribution in [3.8, 4) is 5.75 Å². The second-order valence-corrected chi connectivity index (χ2v) is 6.79. The Morgan fingerprint density at radius 3 is 2.77 bits per heavy atom. The van der Waals surface area contributed by atoms with E-state index >= 15 is 0 Å². The van der Waals surface area contributed by atoms with E-state index in [1.165, 1.54) is 24.2 Å². The third-order valence-electron chi connectivity index (χ3n) is 3.69. The van der Waals surface area contributed by atoms with Gasteiger partial charge < -0.3 is 15.4 Å². The molecule has 0 saturated carbocycles. The zero-order chi connectivity index (χ0) is 15.6. The molecule has 5 heteroatoms. The van der Waals surface area contributed by atoms with Crippen molar-refractivity contribution in [1.82, 2.24) is 10.6 Å². The highest BCUT2D eigenvalue weighted by Crippen LogP contribution is 2.25. The van der Waals surface area contributed by atoms with Crippen LogP contribution in [-0.2, 0) is 6.42 Å². The fourth-order valence-corrected chi connectivity index (χ4v) is 3.62. The van der Waals surface area contributed by atoms with E-state index < -0.39 is 0 Å². The highest BCUT2D eigenvalue weighted by atomic mass is 32.2. The summed E-state index contributed by atoms with van der Waals surface area (Å²) in [7, 11) is 1.69. The lowest BCUT2D eigenvalue weighted by molar-refractivity contribution is 0.414. The van der Waals surface area contributed by atoms with Gasteiger partial charge >= 0.3 is 0 Å². The fraction of sp³-hybridized carbons (Fsp3) is 0.588. The Balaban J connectivity index is 1.76. The maximum absolute atomic E-state index is 5.18. The molecule has 0 aromatic heterocycles. The first-order valence-corrected chi connectivity index (χ1v) is 9.13. The number of rotatable bonds is 7. The molecule has 1 aliphatic rings. The van der Waals surface area contributed by atoms with Crippen molar-refractivity contribution in [3.63, 3.8) is 0 Å². The molecule has 1 heterocycles. The Morgan fingerprint density at radius 1 is 1.32 bits per heavy atom. The van der Waals surface area contributed by atoms with Gasteiger partial charge in [0, 0.05) is 18.3 Å². The number of guanidine groups is 1. The first kappa shape index (κ1) is 17.0. The second kappa shape index (κ2) is 9.62. The van der Waals surface area contributed by atoms with Gasteiger partial charge in [0.2, 0.25) is 0 Å². The summed E-state index contributed by atoms with van der Waals surface area (Å²) in [6, 6.07) is 8.23. The van der Waals surface area contributed by atoms with Gasteiger partial charge in [0.1, 0.15) is 5.75 Å². The minimum Gasteiger partial charge on any atom is -0.497 e. The molecule has 2 rings (SSSR count). The Labute approximate surface area is 138 Å². The van der Waals surface area contributed by atoms with Crippen LogP contribution in [0.2, 0.25) is 0 Å². The summed E-state index contributed by atoms with van der Waals surface area (Å²) < 4.78 is 5.18. The van der Waals surface area contributed by atoms with Crippen molar-refractivity contribution < 1.29 is 4.74 Å². The van der Waals surface area contributed by atoms with Crippen LogP contribution < -0.4 is 15.4 Å². The quantitative estimate of drug-likeness (QED) is 0.599. The first-order chi connectivity index (χ1) is 10.8. The molecule has 1 saturated heterocycles. The van der Waals surface area contributed by atoms with Crippen molar-refractivity contribution in [2.45, 2.75) is 31.4 Å². The standard InChI is InChI=1S/C17H27N3OS/c1-3-18-17(20-13-16-5-4-12-22-16)19-11-10-14-6-8-15(21-2)9-7-14/h6-9,16H,3-5,10-13H2,1-2H3,(H2,18,19,20). The number of nitrogens with one attached hydrogen (secondary N) is 2. The Kier molecular flexibility index (Phi) is 7.43. The Bertz CT molecular complexity index is 455. The number of thioether (sulfide) groups is 1. The molecule has 0 aliphatic carbocycles. The fourth-order valence-electron chi connectivity index (χ4n) is 2.44. The van der Waals surface area contributed by atoms with Crippen LogP contribution in [-0.4, -0.2) is 43.7 Å². The van der Waals surface area contributed by atoms with Gasteiger partial charge in [-0.2, -0.15) is 11.8 Å². The predicted octanol–water partition coefficient (Wildman–Crippen LogP) is 2.69. The van der Waals surface area contributed by atoms with Gasteiger partial charge in [-0.15, -0.1) is 0 Å². The lowest BCUT2D eigenvalue weighted by Crippen LogP contribution is -2.38. The first-order valence-electron chi connectivity index (χ1n) is 8.08. The van der Waals surface area contributed by atoms with Crippen LogP contribution in [0.15, 0.2) is 29.3 Å². The summed E-state index contributed by atoms with van der Waals surface area (Å²) in [5, 5.41) is 7.45. The van der Waals surface area contributed by atoms with Crippen LogP contribution in [0.1, 0.15) is 25.3 Å². The normalized spacial score (nSPS) is 18.3. The van der Waals surface area contributed by atoms with Gasteiger partial charge in [-0.25, -0.2) is 0 Å². The van der Waals surface area contributed by atoms with E-state index in [4.69, 9.17) is 9.73 Å². The zero-order valence-electron chi connectivity index (χ0n) is 13.6. The third-order valence-corrected chi connectivity index (χ3v) is 5.07. The lowest BCUT2D eigenvalue weighted by Gasteiger charge is -2.13. The van der Waals surface area contributed by atoms with E-state index in [0.29, 0.717) is 5.25 Å². The van der Waals surface area contributed by atoms with E-state index in [2.05, 4.69) is 41.5 Å². The molecule has 4 nitrogen and oxygen atoms in total. The van der Waals surface area contributed by atoms with Gasteiger partial charge in [0.15, 0.2) is 5.96 Å². The minimum absolute atomic E-state index is 0.706. The van der Waals surface area contributed by atoms with Gasteiger partial charge in [-0.1, -0.05) is 12.1 Å². The maximum Gasteiger partial charge on any atom is 0.191 e. The van der Waals surface area contributed by atoms with E-state index in [1.54, 1.807) is 7.11 Å². The molecule has 1 aromatic carbocycles. The molecule has 0 spiro atoms. The van der Waals surface area contributed by atoms with Crippen molar-refractivity contribution in [3.05, 3.63) is 29.8 Å². The largest absolute Gasteiger partial charge is 0.497 e. The highest BCUT2D eigenvalue weighted by molar-refractivity contribution is 8.00. The molecular formula is C17H27N3OS. The maximum atomic E-state index is 5.18. The molecule has 1 fully saturated rings. The van der Waals surface area contributed by atoms with Crippen molar-refractivity contribution >= 4 is 17.7 Å². The molecule has 0 radical (unpaired) electrons. The SMILES string of the molecule is CCNC(=NCC1CCCS1)NCCc1ccc(OC)cc1. The van der Waals surface area contributed by atoms with Crippen molar-refractivity contribution in [1.29, 1.82) is 0 Å². The van der Waals surface area contributed by atoms with Crippen LogP contribution in [0.3, 0.4) is 0 Å². The van der Waals surface area contributed by atoms with Crippen molar-refractivity contribution in [2.24, 2.45) is 4.99 Å². The van der Waals surface area contributed by atoms with Gasteiger partial charge in [0.25, 0.3) is 0 Å². The molecule has 0 amide bonds. The number of hydrogen-bond acceptors (Lipinski definition) is 3. The molecule has 1 aromatic rings. The summed E-state index contributed by atoms with van der Waals surface area (Å²) in [4.78, 5) is 4.71. The highest BCUT2D eigenvalue weighted by Gasteiger charge is 2.14. The summed E-state index contributed by atoms with van der Waals surface area (Å²) in [5.74, 6) is 3.13. The second-order valence-electron chi connectivity index (χ2n) is 5.38. The molecule has 1 atom stereocenters. The van der Waals surface area contributed by atoms with Gasteiger partial charge in [-0.3, -0.25) is 4.99 Å². The number of ether oxygens (including phenoxy) is 1. The molecule has 2 N–H and O–H groups in total. The van der Waals surface area contributed by atoms with Gasteiger partial charge in [-0.05, 0) is 49.6 Å². The lowest BCUT2D eigenvalue weighted by atomic mass is 10.1. The number of aliphatic imine (C=N–C) groups is 1. The molecule has 1 unspecified atom stereocenters. The number of nitrogens with zero attached hydrogens (tertiary/aromatic N) is 1. The van der Waals surface area contributed by atoms with Crippen LogP contribution in [0.25, 0.3) is 0 Å². The molecule has 22 heavy (non-hydrogen) atoms. The number of hydrogen-bond donors (Lipinski definition) is 2. The molecular weight excluding hydrogens is 294 g/mol. The summed E-state index contributed by atoms with van der Waals surface area (Å²) in [5.41, 5.74) is 1.30. The van der Waals surface area contributed by atoms with Crippen LogP contribution in [0, 0.1) is 0 Å². The average molecular weight is 321 g/mol. The zero-order valence-corrected chi connectivity index (χ0v) is 14.4. The topological polar surface area (TPSA) is 45.7 Å². The average Bonchev–Trinajstić information content (AvgIpc) is 3.06. The van der Waals surface area contributed by atoms with Crippen LogP contribution >= 0.6 is 11.8 Å². The monoisotopic (exact) mass is 321 g/mol. The summed E-state index contributed by atoms with van der Waals surface area (Å²) in [6.45, 7) is 4.80. The van der Waals surface area contributed by atoms with Crippen LogP contribution in [0.4, 0.5) is 0 Å². The van der Waals surface area contributed by atoms with Crippen LogP contribution in [0.5, 0.6) is 5.75 Å². The summed E-state index contributed by atoms with van der Waals surface area (Å²) >= 11 is 2.05. The number of methoxy groups -OCH3 is 1. The smallest absolute Gasteiger partial charge is 0.191 e. The molecule has 1 aliphatic heterocycles. The minimum atomic E-state index is 0.706.